The molecule has 1 N–H and O–H groups in total. The minimum Gasteiger partial charge on any atom is -0.449 e. The van der Waals surface area contributed by atoms with Gasteiger partial charge in [0.1, 0.15) is 0 Å². The summed E-state index contributed by atoms with van der Waals surface area (Å²) in [6.07, 6.45) is 3.52. The van der Waals surface area contributed by atoms with Crippen molar-refractivity contribution in [1.29, 1.82) is 0 Å². The van der Waals surface area contributed by atoms with Crippen LogP contribution in [0.4, 0.5) is 0 Å². The number of carbonyl (C=O) groups is 2. The minimum absolute atomic E-state index is 0.224. The third-order valence-electron chi connectivity index (χ3n) is 3.86. The normalized spacial score (nSPS) is 16.3. The fourth-order valence-electron chi connectivity index (χ4n) is 2.57. The van der Waals surface area contributed by atoms with E-state index in [0.717, 1.165) is 31.2 Å². The molecule has 1 aliphatic carbocycles. The molecule has 1 aromatic rings. The van der Waals surface area contributed by atoms with E-state index in [1.165, 1.54) is 0 Å². The summed E-state index contributed by atoms with van der Waals surface area (Å²) in [5.41, 5.74) is 1.41. The Morgan fingerprint density at radius 1 is 1.23 bits per heavy atom. The molecule has 0 bridgehead atoms. The quantitative estimate of drug-likeness (QED) is 0.820. The molecule has 0 aliphatic heterocycles. The topological polar surface area (TPSA) is 64.6 Å². The molecule has 0 radical (unpaired) electrons. The maximum Gasteiger partial charge on any atom is 0.338 e. The highest BCUT2D eigenvalue weighted by Crippen LogP contribution is 2.18. The summed E-state index contributed by atoms with van der Waals surface area (Å²) >= 11 is 0. The van der Waals surface area contributed by atoms with Gasteiger partial charge in [0.25, 0.3) is 5.91 Å². The van der Waals surface area contributed by atoms with Gasteiger partial charge in [-0.1, -0.05) is 25.0 Å². The Labute approximate surface area is 131 Å². The second kappa shape index (κ2) is 7.94. The van der Waals surface area contributed by atoms with Crippen molar-refractivity contribution in [2.24, 2.45) is 0 Å². The highest BCUT2D eigenvalue weighted by molar-refractivity contribution is 5.92. The van der Waals surface area contributed by atoms with Gasteiger partial charge in [-0.25, -0.2) is 4.79 Å². The SMILES string of the molecule is COCc1ccc(C(=O)O[C@@H](C)C(=O)NC2CCCC2)cc1. The molecule has 1 aliphatic rings. The first-order valence-corrected chi connectivity index (χ1v) is 7.69. The van der Waals surface area contributed by atoms with Gasteiger partial charge in [-0.15, -0.1) is 0 Å². The molecule has 0 saturated heterocycles. The van der Waals surface area contributed by atoms with Gasteiger partial charge < -0.3 is 14.8 Å². The Hall–Kier alpha value is -1.88. The molecule has 1 saturated carbocycles. The maximum atomic E-state index is 12.0. The Kier molecular flexibility index (Phi) is 5.95. The number of ether oxygens (including phenoxy) is 2. The molecule has 0 spiro atoms. The van der Waals surface area contributed by atoms with E-state index in [9.17, 15) is 9.59 Å². The Morgan fingerprint density at radius 3 is 2.45 bits per heavy atom. The van der Waals surface area contributed by atoms with E-state index >= 15 is 0 Å². The third-order valence-corrected chi connectivity index (χ3v) is 3.86. The van der Waals surface area contributed by atoms with Gasteiger partial charge in [0.15, 0.2) is 6.10 Å². The number of amides is 1. The first-order chi connectivity index (χ1) is 10.6. The number of esters is 1. The second-order valence-electron chi connectivity index (χ2n) is 5.67. The van der Waals surface area contributed by atoms with Crippen LogP contribution in [0.2, 0.25) is 0 Å². The minimum atomic E-state index is -0.785. The zero-order valence-corrected chi connectivity index (χ0v) is 13.1. The predicted molar refractivity (Wildman–Crippen MR) is 82.4 cm³/mol. The van der Waals surface area contributed by atoms with Crippen molar-refractivity contribution >= 4 is 11.9 Å². The van der Waals surface area contributed by atoms with Crippen molar-refractivity contribution in [3.63, 3.8) is 0 Å². The summed E-state index contributed by atoms with van der Waals surface area (Å²) in [5.74, 6) is -0.714. The summed E-state index contributed by atoms with van der Waals surface area (Å²) < 4.78 is 10.2. The molecule has 1 amide bonds. The van der Waals surface area contributed by atoms with Gasteiger partial charge >= 0.3 is 5.97 Å². The van der Waals surface area contributed by atoms with Crippen LogP contribution in [0.3, 0.4) is 0 Å². The molecule has 1 fully saturated rings. The van der Waals surface area contributed by atoms with E-state index in [1.54, 1.807) is 26.2 Å². The van der Waals surface area contributed by atoms with E-state index in [1.807, 2.05) is 12.1 Å². The zero-order chi connectivity index (χ0) is 15.9. The van der Waals surface area contributed by atoms with E-state index in [0.29, 0.717) is 12.2 Å². The Morgan fingerprint density at radius 2 is 1.86 bits per heavy atom. The molecular formula is C17H23NO4. The van der Waals surface area contributed by atoms with Crippen LogP contribution in [0.15, 0.2) is 24.3 Å². The van der Waals surface area contributed by atoms with Gasteiger partial charge in [0.2, 0.25) is 0 Å². The van der Waals surface area contributed by atoms with E-state index in [2.05, 4.69) is 5.32 Å². The number of hydrogen-bond acceptors (Lipinski definition) is 4. The van der Waals surface area contributed by atoms with E-state index in [4.69, 9.17) is 9.47 Å². The molecule has 120 valence electrons. The molecule has 1 aromatic carbocycles. The molecule has 2 rings (SSSR count). The number of carbonyl (C=O) groups excluding carboxylic acids is 2. The highest BCUT2D eigenvalue weighted by atomic mass is 16.5. The van der Waals surface area contributed by atoms with Gasteiger partial charge in [0, 0.05) is 13.2 Å². The number of benzene rings is 1. The van der Waals surface area contributed by atoms with Crippen molar-refractivity contribution < 1.29 is 19.1 Å². The lowest BCUT2D eigenvalue weighted by Crippen LogP contribution is -2.40. The van der Waals surface area contributed by atoms with Gasteiger partial charge in [0.05, 0.1) is 12.2 Å². The van der Waals surface area contributed by atoms with Crippen LogP contribution in [0, 0.1) is 0 Å². The van der Waals surface area contributed by atoms with Crippen LogP contribution < -0.4 is 5.32 Å². The molecule has 1 atom stereocenters. The molecule has 0 heterocycles. The van der Waals surface area contributed by atoms with Crippen LogP contribution in [-0.4, -0.2) is 31.1 Å². The predicted octanol–water partition coefficient (Wildman–Crippen LogP) is 2.44. The number of methoxy groups -OCH3 is 1. The lowest BCUT2D eigenvalue weighted by molar-refractivity contribution is -0.129. The van der Waals surface area contributed by atoms with Crippen molar-refractivity contribution in [2.45, 2.75) is 51.4 Å². The molecule has 0 unspecified atom stereocenters. The zero-order valence-electron chi connectivity index (χ0n) is 13.1. The van der Waals surface area contributed by atoms with E-state index < -0.39 is 12.1 Å². The Bertz CT molecular complexity index is 506. The maximum absolute atomic E-state index is 12.0. The van der Waals surface area contributed by atoms with Crippen molar-refractivity contribution in [3.8, 4) is 0 Å². The summed E-state index contributed by atoms with van der Waals surface area (Å²) in [5, 5.41) is 2.93. The number of rotatable bonds is 6. The van der Waals surface area contributed by atoms with Gasteiger partial charge in [-0.2, -0.15) is 0 Å². The monoisotopic (exact) mass is 305 g/mol. The third kappa shape index (κ3) is 4.56. The average Bonchev–Trinajstić information content (AvgIpc) is 3.01. The fourth-order valence-corrected chi connectivity index (χ4v) is 2.57. The summed E-state index contributed by atoms with van der Waals surface area (Å²) in [6, 6.07) is 7.20. The molecular weight excluding hydrogens is 282 g/mol. The lowest BCUT2D eigenvalue weighted by atomic mass is 10.1. The van der Waals surface area contributed by atoms with E-state index in [-0.39, 0.29) is 11.9 Å². The molecule has 5 heteroatoms. The van der Waals surface area contributed by atoms with Crippen LogP contribution in [0.5, 0.6) is 0 Å². The average molecular weight is 305 g/mol. The smallest absolute Gasteiger partial charge is 0.338 e. The molecule has 5 nitrogen and oxygen atoms in total. The van der Waals surface area contributed by atoms with Crippen molar-refractivity contribution in [1.82, 2.24) is 5.32 Å². The van der Waals surface area contributed by atoms with Crippen LogP contribution in [0.1, 0.15) is 48.5 Å². The number of hydrogen-bond donors (Lipinski definition) is 1. The first-order valence-electron chi connectivity index (χ1n) is 7.69. The highest BCUT2D eigenvalue weighted by Gasteiger charge is 2.23. The van der Waals surface area contributed by atoms with Crippen LogP contribution >= 0.6 is 0 Å². The lowest BCUT2D eigenvalue weighted by Gasteiger charge is -2.17. The van der Waals surface area contributed by atoms with Gasteiger partial charge in [-0.05, 0) is 37.5 Å². The summed E-state index contributed by atoms with van der Waals surface area (Å²) in [4.78, 5) is 24.0. The second-order valence-corrected chi connectivity index (χ2v) is 5.67. The van der Waals surface area contributed by atoms with Gasteiger partial charge in [-0.3, -0.25) is 4.79 Å². The molecule has 22 heavy (non-hydrogen) atoms. The fraction of sp³-hybridized carbons (Fsp3) is 0.529. The van der Waals surface area contributed by atoms with Crippen molar-refractivity contribution in [3.05, 3.63) is 35.4 Å². The summed E-state index contributed by atoms with van der Waals surface area (Å²) in [6.45, 7) is 2.09. The summed E-state index contributed by atoms with van der Waals surface area (Å²) in [7, 11) is 1.62. The largest absolute Gasteiger partial charge is 0.449 e. The standard InChI is InChI=1S/C17H23NO4/c1-12(16(19)18-15-5-3-4-6-15)22-17(20)14-9-7-13(8-10-14)11-21-2/h7-10,12,15H,3-6,11H2,1-2H3,(H,18,19)/t12-/m0/s1. The van der Waals surface area contributed by atoms with Crippen molar-refractivity contribution in [2.75, 3.05) is 7.11 Å². The molecule has 0 aromatic heterocycles. The van der Waals surface area contributed by atoms with Crippen LogP contribution in [-0.2, 0) is 20.9 Å². The van der Waals surface area contributed by atoms with Crippen LogP contribution in [0.25, 0.3) is 0 Å². The number of nitrogens with one attached hydrogen (secondary N) is 1. The first kappa shape index (κ1) is 16.5. The Balaban J connectivity index is 1.85.